The first kappa shape index (κ1) is 20.1. The van der Waals surface area contributed by atoms with Crippen LogP contribution in [-0.4, -0.2) is 25.2 Å². The molecule has 1 atom stereocenters. The van der Waals surface area contributed by atoms with Crippen molar-refractivity contribution >= 4 is 11.9 Å². The normalized spacial score (nSPS) is 15.6. The van der Waals surface area contributed by atoms with Gasteiger partial charge in [0, 0.05) is 13.2 Å². The van der Waals surface area contributed by atoms with Crippen LogP contribution in [0, 0.1) is 11.8 Å². The number of benzene rings is 2. The summed E-state index contributed by atoms with van der Waals surface area (Å²) in [7, 11) is 0. The van der Waals surface area contributed by atoms with Crippen LogP contribution in [-0.2, 0) is 37.0 Å². The van der Waals surface area contributed by atoms with Crippen LogP contribution < -0.4 is 0 Å². The van der Waals surface area contributed by atoms with Crippen LogP contribution in [0.4, 0.5) is 0 Å². The first-order valence-corrected chi connectivity index (χ1v) is 9.70. The second kappa shape index (κ2) is 10.6. The van der Waals surface area contributed by atoms with Gasteiger partial charge in [0.05, 0.1) is 12.3 Å². The molecule has 0 amide bonds. The summed E-state index contributed by atoms with van der Waals surface area (Å²) in [6, 6.07) is 19.0. The molecule has 0 aromatic heterocycles. The van der Waals surface area contributed by atoms with Gasteiger partial charge < -0.3 is 14.2 Å². The Morgan fingerprint density at radius 3 is 1.96 bits per heavy atom. The Bertz CT molecular complexity index is 738. The molecule has 3 rings (SSSR count). The largest absolute Gasteiger partial charge is 0.461 e. The third kappa shape index (κ3) is 6.20. The summed E-state index contributed by atoms with van der Waals surface area (Å²) in [5.41, 5.74) is 1.85. The van der Waals surface area contributed by atoms with Crippen molar-refractivity contribution in [2.45, 2.75) is 32.5 Å². The van der Waals surface area contributed by atoms with Gasteiger partial charge in [-0.05, 0) is 29.9 Å². The fraction of sp³-hybridized carbons (Fsp3) is 0.391. The second-order valence-electron chi connectivity index (χ2n) is 7.00. The van der Waals surface area contributed by atoms with E-state index < -0.39 is 5.92 Å². The summed E-state index contributed by atoms with van der Waals surface area (Å²) in [6.45, 7) is 1.62. The molecular formula is C23H26O5. The van der Waals surface area contributed by atoms with Gasteiger partial charge >= 0.3 is 11.9 Å². The molecule has 0 aliphatic carbocycles. The lowest BCUT2D eigenvalue weighted by Gasteiger charge is -2.28. The number of rotatable bonds is 8. The number of hydrogen-bond acceptors (Lipinski definition) is 5. The average Bonchev–Trinajstić information content (AvgIpc) is 2.76. The van der Waals surface area contributed by atoms with Gasteiger partial charge in [0.2, 0.25) is 0 Å². The maximum atomic E-state index is 12.8. The molecule has 28 heavy (non-hydrogen) atoms. The molecule has 0 saturated carbocycles. The van der Waals surface area contributed by atoms with E-state index in [1.54, 1.807) is 0 Å². The van der Waals surface area contributed by atoms with Gasteiger partial charge in [-0.1, -0.05) is 60.7 Å². The number of carbonyl (C=O) groups is 2. The van der Waals surface area contributed by atoms with Crippen LogP contribution in [0.15, 0.2) is 60.7 Å². The van der Waals surface area contributed by atoms with Crippen LogP contribution in [0.3, 0.4) is 0 Å². The molecule has 1 saturated heterocycles. The first-order chi connectivity index (χ1) is 13.7. The van der Waals surface area contributed by atoms with Crippen molar-refractivity contribution in [3.05, 3.63) is 71.8 Å². The highest BCUT2D eigenvalue weighted by Gasteiger charge is 2.33. The van der Waals surface area contributed by atoms with Crippen molar-refractivity contribution in [1.29, 1.82) is 0 Å². The van der Waals surface area contributed by atoms with Crippen molar-refractivity contribution in [3.63, 3.8) is 0 Å². The van der Waals surface area contributed by atoms with Gasteiger partial charge in [-0.2, -0.15) is 0 Å². The second-order valence-corrected chi connectivity index (χ2v) is 7.00. The molecule has 0 spiro atoms. The predicted octanol–water partition coefficient (Wildman–Crippen LogP) is 3.91. The Morgan fingerprint density at radius 2 is 1.39 bits per heavy atom. The topological polar surface area (TPSA) is 61.8 Å². The maximum absolute atomic E-state index is 12.8. The zero-order valence-corrected chi connectivity index (χ0v) is 15.9. The lowest BCUT2D eigenvalue weighted by Crippen LogP contribution is -2.32. The molecule has 0 bridgehead atoms. The Balaban J connectivity index is 1.57. The van der Waals surface area contributed by atoms with Crippen LogP contribution >= 0.6 is 0 Å². The summed E-state index contributed by atoms with van der Waals surface area (Å²) in [6.07, 6.45) is 1.53. The first-order valence-electron chi connectivity index (χ1n) is 9.70. The predicted molar refractivity (Wildman–Crippen MR) is 104 cm³/mol. The van der Waals surface area contributed by atoms with E-state index in [2.05, 4.69) is 0 Å². The molecular weight excluding hydrogens is 356 g/mol. The van der Waals surface area contributed by atoms with Crippen LogP contribution in [0.5, 0.6) is 0 Å². The van der Waals surface area contributed by atoms with E-state index in [1.807, 2.05) is 60.7 Å². The van der Waals surface area contributed by atoms with E-state index in [1.165, 1.54) is 0 Å². The van der Waals surface area contributed by atoms with Crippen molar-refractivity contribution in [3.8, 4) is 0 Å². The summed E-state index contributed by atoms with van der Waals surface area (Å²) >= 11 is 0. The minimum absolute atomic E-state index is 0.0329. The monoisotopic (exact) mass is 382 g/mol. The number of ether oxygens (including phenoxy) is 3. The number of carbonyl (C=O) groups excluding carboxylic acids is 2. The molecule has 1 heterocycles. The third-order valence-electron chi connectivity index (χ3n) is 4.99. The van der Waals surface area contributed by atoms with Gasteiger partial charge in [-0.15, -0.1) is 0 Å². The Kier molecular flexibility index (Phi) is 7.62. The summed E-state index contributed by atoms with van der Waals surface area (Å²) < 4.78 is 16.3. The zero-order chi connectivity index (χ0) is 19.6. The van der Waals surface area contributed by atoms with E-state index >= 15 is 0 Å². The van der Waals surface area contributed by atoms with Crippen molar-refractivity contribution in [2.75, 3.05) is 13.2 Å². The van der Waals surface area contributed by atoms with Crippen molar-refractivity contribution < 1.29 is 23.8 Å². The number of hydrogen-bond donors (Lipinski definition) is 0. The van der Waals surface area contributed by atoms with Crippen LogP contribution in [0.1, 0.15) is 30.4 Å². The average molecular weight is 382 g/mol. The molecule has 148 valence electrons. The Labute approximate surface area is 165 Å². The smallest absolute Gasteiger partial charge is 0.310 e. The molecule has 2 aromatic rings. The minimum atomic E-state index is -0.504. The van der Waals surface area contributed by atoms with Gasteiger partial charge in [-0.3, -0.25) is 9.59 Å². The lowest BCUT2D eigenvalue weighted by atomic mass is 9.84. The molecule has 2 aromatic carbocycles. The fourth-order valence-corrected chi connectivity index (χ4v) is 3.37. The molecule has 1 aliphatic rings. The van der Waals surface area contributed by atoms with Crippen molar-refractivity contribution in [2.24, 2.45) is 11.8 Å². The third-order valence-corrected chi connectivity index (χ3v) is 4.99. The molecule has 0 N–H and O–H groups in total. The lowest BCUT2D eigenvalue weighted by molar-refractivity contribution is -0.160. The molecule has 1 aliphatic heterocycles. The SMILES string of the molecule is O=C(CC(C(=O)OCc1ccccc1)C1CCOCC1)OCc1ccccc1. The van der Waals surface area contributed by atoms with Gasteiger partial charge in [-0.25, -0.2) is 0 Å². The minimum Gasteiger partial charge on any atom is -0.461 e. The Hall–Kier alpha value is -2.66. The molecule has 5 heteroatoms. The maximum Gasteiger partial charge on any atom is 0.310 e. The van der Waals surface area contributed by atoms with E-state index in [9.17, 15) is 9.59 Å². The Morgan fingerprint density at radius 1 is 0.857 bits per heavy atom. The van der Waals surface area contributed by atoms with Gasteiger partial charge in [0.25, 0.3) is 0 Å². The molecule has 1 unspecified atom stereocenters. The van der Waals surface area contributed by atoms with E-state index in [0.29, 0.717) is 13.2 Å². The van der Waals surface area contributed by atoms with E-state index in [-0.39, 0.29) is 37.5 Å². The quantitative estimate of drug-likeness (QED) is 0.648. The molecule has 5 nitrogen and oxygen atoms in total. The van der Waals surface area contributed by atoms with Crippen LogP contribution in [0.2, 0.25) is 0 Å². The summed E-state index contributed by atoms with van der Waals surface area (Å²) in [4.78, 5) is 25.1. The van der Waals surface area contributed by atoms with Crippen LogP contribution in [0.25, 0.3) is 0 Å². The van der Waals surface area contributed by atoms with Gasteiger partial charge in [0.1, 0.15) is 13.2 Å². The van der Waals surface area contributed by atoms with Crippen molar-refractivity contribution in [1.82, 2.24) is 0 Å². The zero-order valence-electron chi connectivity index (χ0n) is 15.9. The van der Waals surface area contributed by atoms with E-state index in [4.69, 9.17) is 14.2 Å². The molecule has 0 radical (unpaired) electrons. The number of esters is 2. The summed E-state index contributed by atoms with van der Waals surface area (Å²) in [5.74, 6) is -1.15. The van der Waals surface area contributed by atoms with Gasteiger partial charge in [0.15, 0.2) is 0 Å². The molecule has 1 fully saturated rings. The summed E-state index contributed by atoms with van der Waals surface area (Å²) in [5, 5.41) is 0. The standard InChI is InChI=1S/C23H26O5/c24-22(27-16-18-7-3-1-4-8-18)15-21(20-11-13-26-14-12-20)23(25)28-17-19-9-5-2-6-10-19/h1-10,20-21H,11-17H2. The highest BCUT2D eigenvalue weighted by Crippen LogP contribution is 2.28. The van der Waals surface area contributed by atoms with E-state index in [0.717, 1.165) is 24.0 Å². The highest BCUT2D eigenvalue weighted by atomic mass is 16.5. The fourth-order valence-electron chi connectivity index (χ4n) is 3.37. The highest BCUT2D eigenvalue weighted by molar-refractivity contribution is 5.80.